The number of hydrogen-bond donors (Lipinski definition) is 0. The fourth-order valence-electron chi connectivity index (χ4n) is 2.28. The zero-order chi connectivity index (χ0) is 11.6. The molecule has 2 rings (SSSR count). The molecule has 0 radical (unpaired) electrons. The highest BCUT2D eigenvalue weighted by atomic mass is 79.9. The Labute approximate surface area is 104 Å². The number of rotatable bonds is 3. The summed E-state index contributed by atoms with van der Waals surface area (Å²) in [5.74, 6) is 0.0439. The summed E-state index contributed by atoms with van der Waals surface area (Å²) in [7, 11) is 0. The minimum absolute atomic E-state index is 0.0439. The quantitative estimate of drug-likeness (QED) is 0.851. The second kappa shape index (κ2) is 4.57. The van der Waals surface area contributed by atoms with E-state index < -0.39 is 0 Å². The lowest BCUT2D eigenvalue weighted by atomic mass is 9.68. The maximum atomic E-state index is 9.23. The van der Waals surface area contributed by atoms with Crippen LogP contribution in [0.2, 0.25) is 0 Å². The molecule has 0 aliphatic carbocycles. The molecule has 2 nitrogen and oxygen atoms in total. The molecule has 1 atom stereocenters. The highest BCUT2D eigenvalue weighted by Crippen LogP contribution is 2.41. The molecule has 16 heavy (non-hydrogen) atoms. The van der Waals surface area contributed by atoms with Crippen LogP contribution < -0.4 is 0 Å². The molecule has 1 aliphatic rings. The van der Waals surface area contributed by atoms with Gasteiger partial charge in [-0.15, -0.1) is 0 Å². The van der Waals surface area contributed by atoms with Crippen LogP contribution >= 0.6 is 15.9 Å². The van der Waals surface area contributed by atoms with Gasteiger partial charge in [0.1, 0.15) is 0 Å². The van der Waals surface area contributed by atoms with Gasteiger partial charge in [0, 0.05) is 4.47 Å². The van der Waals surface area contributed by atoms with Crippen molar-refractivity contribution < 1.29 is 4.74 Å². The van der Waals surface area contributed by atoms with Gasteiger partial charge in [-0.2, -0.15) is 5.26 Å². The van der Waals surface area contributed by atoms with Crippen LogP contribution in [-0.4, -0.2) is 13.2 Å². The van der Waals surface area contributed by atoms with Crippen molar-refractivity contribution in [1.82, 2.24) is 0 Å². The number of nitriles is 1. The molecule has 1 fully saturated rings. The van der Waals surface area contributed by atoms with Crippen LogP contribution in [0.1, 0.15) is 18.9 Å². The Bertz CT molecular complexity index is 403. The highest BCUT2D eigenvalue weighted by Gasteiger charge is 2.46. The molecular weight excluding hydrogens is 266 g/mol. The van der Waals surface area contributed by atoms with Crippen LogP contribution in [0.5, 0.6) is 0 Å². The van der Waals surface area contributed by atoms with Gasteiger partial charge in [0.15, 0.2) is 0 Å². The number of nitrogens with zero attached hydrogens (tertiary/aromatic N) is 1. The zero-order valence-electron chi connectivity index (χ0n) is 9.24. The summed E-state index contributed by atoms with van der Waals surface area (Å²) in [5, 5.41) is 9.23. The molecule has 1 heterocycles. The SMILES string of the molecule is CCC(C#N)C1(c2ccc(Br)cc2)COC1. The zero-order valence-corrected chi connectivity index (χ0v) is 10.8. The summed E-state index contributed by atoms with van der Waals surface area (Å²) in [6, 6.07) is 10.7. The molecule has 0 amide bonds. The van der Waals surface area contributed by atoms with Crippen LogP contribution in [-0.2, 0) is 10.2 Å². The summed E-state index contributed by atoms with van der Waals surface area (Å²) in [6.07, 6.45) is 0.871. The molecule has 1 unspecified atom stereocenters. The van der Waals surface area contributed by atoms with E-state index in [-0.39, 0.29) is 11.3 Å². The number of benzene rings is 1. The summed E-state index contributed by atoms with van der Waals surface area (Å²) in [5.41, 5.74) is 1.14. The molecule has 0 bridgehead atoms. The lowest BCUT2D eigenvalue weighted by Crippen LogP contribution is -2.51. The van der Waals surface area contributed by atoms with E-state index in [4.69, 9.17) is 4.74 Å². The van der Waals surface area contributed by atoms with E-state index in [2.05, 4.69) is 41.1 Å². The van der Waals surface area contributed by atoms with Crippen molar-refractivity contribution >= 4 is 15.9 Å². The predicted octanol–water partition coefficient (Wildman–Crippen LogP) is 3.27. The van der Waals surface area contributed by atoms with Crippen molar-refractivity contribution in [2.45, 2.75) is 18.8 Å². The molecule has 1 aliphatic heterocycles. The van der Waals surface area contributed by atoms with E-state index in [0.717, 1.165) is 10.9 Å². The Hall–Kier alpha value is -0.850. The highest BCUT2D eigenvalue weighted by molar-refractivity contribution is 9.10. The molecule has 0 aromatic heterocycles. The second-order valence-corrected chi connectivity index (χ2v) is 5.16. The third kappa shape index (κ3) is 1.77. The van der Waals surface area contributed by atoms with Crippen LogP contribution in [0.15, 0.2) is 28.7 Å². The Morgan fingerprint density at radius 3 is 2.44 bits per heavy atom. The lowest BCUT2D eigenvalue weighted by Gasteiger charge is -2.45. The minimum atomic E-state index is -0.0792. The predicted molar refractivity (Wildman–Crippen MR) is 66.0 cm³/mol. The topological polar surface area (TPSA) is 33.0 Å². The van der Waals surface area contributed by atoms with Gasteiger partial charge in [-0.25, -0.2) is 0 Å². The molecule has 1 aromatic rings. The molecule has 0 N–H and O–H groups in total. The number of hydrogen-bond acceptors (Lipinski definition) is 2. The van der Waals surface area contributed by atoms with E-state index in [9.17, 15) is 5.26 Å². The second-order valence-electron chi connectivity index (χ2n) is 4.25. The van der Waals surface area contributed by atoms with E-state index in [1.807, 2.05) is 12.1 Å². The fourth-order valence-corrected chi connectivity index (χ4v) is 2.54. The van der Waals surface area contributed by atoms with Crippen LogP contribution in [0.3, 0.4) is 0 Å². The van der Waals surface area contributed by atoms with Gasteiger partial charge in [-0.1, -0.05) is 35.0 Å². The molecular formula is C13H14BrNO. The molecule has 0 saturated carbocycles. The Kier molecular flexibility index (Phi) is 3.32. The first kappa shape index (κ1) is 11.6. The minimum Gasteiger partial charge on any atom is -0.379 e. The van der Waals surface area contributed by atoms with Crippen molar-refractivity contribution in [3.8, 4) is 6.07 Å². The monoisotopic (exact) mass is 279 g/mol. The Balaban J connectivity index is 2.35. The normalized spacial score (nSPS) is 19.6. The average molecular weight is 280 g/mol. The van der Waals surface area contributed by atoms with Crippen molar-refractivity contribution in [2.75, 3.05) is 13.2 Å². The first-order chi connectivity index (χ1) is 7.73. The van der Waals surface area contributed by atoms with Gasteiger partial charge >= 0.3 is 0 Å². The third-order valence-corrected chi connectivity index (χ3v) is 3.90. The molecule has 0 spiro atoms. The first-order valence-electron chi connectivity index (χ1n) is 5.46. The summed E-state index contributed by atoms with van der Waals surface area (Å²) in [6.45, 7) is 3.40. The van der Waals surface area contributed by atoms with Gasteiger partial charge in [0.2, 0.25) is 0 Å². The van der Waals surface area contributed by atoms with Gasteiger partial charge in [0.05, 0.1) is 30.6 Å². The van der Waals surface area contributed by atoms with Crippen molar-refractivity contribution in [2.24, 2.45) is 5.92 Å². The van der Waals surface area contributed by atoms with Gasteiger partial charge in [-0.05, 0) is 24.1 Å². The summed E-state index contributed by atoms with van der Waals surface area (Å²) in [4.78, 5) is 0. The van der Waals surface area contributed by atoms with Gasteiger partial charge in [0.25, 0.3) is 0 Å². The standard InChI is InChI=1S/C13H14BrNO/c1-2-10(7-15)13(8-16-9-13)11-3-5-12(14)6-4-11/h3-6,10H,2,8-9H2,1H3. The van der Waals surface area contributed by atoms with Crippen LogP contribution in [0.25, 0.3) is 0 Å². The smallest absolute Gasteiger partial charge is 0.0666 e. The van der Waals surface area contributed by atoms with Crippen molar-refractivity contribution in [3.05, 3.63) is 34.3 Å². The van der Waals surface area contributed by atoms with Crippen molar-refractivity contribution in [1.29, 1.82) is 5.26 Å². The largest absolute Gasteiger partial charge is 0.379 e. The lowest BCUT2D eigenvalue weighted by molar-refractivity contribution is -0.0804. The van der Waals surface area contributed by atoms with Gasteiger partial charge in [-0.3, -0.25) is 0 Å². The molecule has 1 saturated heterocycles. The van der Waals surface area contributed by atoms with Crippen molar-refractivity contribution in [3.63, 3.8) is 0 Å². The van der Waals surface area contributed by atoms with E-state index >= 15 is 0 Å². The molecule has 84 valence electrons. The Morgan fingerprint density at radius 1 is 1.44 bits per heavy atom. The summed E-state index contributed by atoms with van der Waals surface area (Å²) >= 11 is 3.43. The van der Waals surface area contributed by atoms with Gasteiger partial charge < -0.3 is 4.74 Å². The fraction of sp³-hybridized carbons (Fsp3) is 0.462. The Morgan fingerprint density at radius 2 is 2.06 bits per heavy atom. The number of halogens is 1. The van der Waals surface area contributed by atoms with E-state index in [1.54, 1.807) is 0 Å². The van der Waals surface area contributed by atoms with E-state index in [1.165, 1.54) is 5.56 Å². The van der Waals surface area contributed by atoms with E-state index in [0.29, 0.717) is 13.2 Å². The maximum Gasteiger partial charge on any atom is 0.0666 e. The maximum absolute atomic E-state index is 9.23. The molecule has 1 aromatic carbocycles. The number of ether oxygens (including phenoxy) is 1. The average Bonchev–Trinajstić information content (AvgIpc) is 2.25. The first-order valence-corrected chi connectivity index (χ1v) is 6.25. The molecule has 3 heteroatoms. The summed E-state index contributed by atoms with van der Waals surface area (Å²) < 4.78 is 6.41. The third-order valence-electron chi connectivity index (χ3n) is 3.37. The van der Waals surface area contributed by atoms with Crippen LogP contribution in [0, 0.1) is 17.2 Å². The van der Waals surface area contributed by atoms with Crippen LogP contribution in [0.4, 0.5) is 0 Å².